The van der Waals surface area contributed by atoms with E-state index in [1.54, 1.807) is 20.8 Å². The Balaban J connectivity index is 0.000000234. The lowest BCUT2D eigenvalue weighted by molar-refractivity contribution is -0.157. The monoisotopic (exact) mass is 994 g/mol. The summed E-state index contributed by atoms with van der Waals surface area (Å²) in [4.78, 5) is 35.7. The van der Waals surface area contributed by atoms with Crippen LogP contribution in [0, 0.1) is 0 Å². The molecule has 0 N–H and O–H groups in total. The zero-order valence-electron chi connectivity index (χ0n) is 42.9. The Hall–Kier alpha value is -6.81. The normalized spacial score (nSPS) is 11.9. The molecule has 3 unspecified atom stereocenters. The molecule has 15 nitrogen and oxygen atoms in total. The van der Waals surface area contributed by atoms with Gasteiger partial charge < -0.3 is 56.3 Å². The van der Waals surface area contributed by atoms with Gasteiger partial charge in [0.05, 0.1) is 39.5 Å². The van der Waals surface area contributed by atoms with Crippen molar-refractivity contribution in [2.75, 3.05) is 59.5 Å². The maximum atomic E-state index is 11.9. The average Bonchev–Trinajstić information content (AvgIpc) is 4.23. The maximum Gasteiger partial charge on any atom is 0.335 e. The van der Waals surface area contributed by atoms with Crippen LogP contribution in [-0.2, 0) is 81.7 Å². The van der Waals surface area contributed by atoms with Gasteiger partial charge in [-0.25, -0.2) is 14.4 Å². The van der Waals surface area contributed by atoms with Crippen LogP contribution < -0.4 is 14.2 Å². The van der Waals surface area contributed by atoms with Crippen LogP contribution in [0.2, 0.25) is 0 Å². The standard InChI is InChI=1S/3C19H25NO4/c3*1-3-22-18(19(21)23-4-2)15-16-7-9-17(10-8-16)24-14-13-20-11-5-6-12-20/h3*5-12,18H,3-4,13-15H2,1-2H3. The Morgan fingerprint density at radius 1 is 0.361 bits per heavy atom. The number of aromatic nitrogens is 3. The third-order valence-electron chi connectivity index (χ3n) is 10.6. The second kappa shape index (κ2) is 34.5. The summed E-state index contributed by atoms with van der Waals surface area (Å²) in [5.74, 6) is 1.50. The predicted molar refractivity (Wildman–Crippen MR) is 276 cm³/mol. The molecule has 0 saturated carbocycles. The summed E-state index contributed by atoms with van der Waals surface area (Å²) in [7, 11) is 0. The fourth-order valence-corrected chi connectivity index (χ4v) is 7.11. The topological polar surface area (TPSA) is 149 Å². The van der Waals surface area contributed by atoms with E-state index in [0.29, 0.717) is 78.7 Å². The average molecular weight is 994 g/mol. The highest BCUT2D eigenvalue weighted by atomic mass is 16.6. The molecule has 0 amide bonds. The lowest BCUT2D eigenvalue weighted by Crippen LogP contribution is -2.28. The van der Waals surface area contributed by atoms with Crippen LogP contribution in [-0.4, -0.2) is 109 Å². The number of ether oxygens (including phenoxy) is 9. The summed E-state index contributed by atoms with van der Waals surface area (Å²) in [6, 6.07) is 35.2. The van der Waals surface area contributed by atoms with Crippen LogP contribution >= 0.6 is 0 Å². The van der Waals surface area contributed by atoms with E-state index < -0.39 is 18.3 Å². The van der Waals surface area contributed by atoms with E-state index in [0.717, 1.165) is 53.6 Å². The van der Waals surface area contributed by atoms with Crippen molar-refractivity contribution in [3.63, 3.8) is 0 Å². The van der Waals surface area contributed by atoms with Gasteiger partial charge in [-0.2, -0.15) is 0 Å². The molecule has 0 spiro atoms. The fourth-order valence-electron chi connectivity index (χ4n) is 7.11. The minimum Gasteiger partial charge on any atom is -0.492 e. The Labute approximate surface area is 425 Å². The second-order valence-corrected chi connectivity index (χ2v) is 15.9. The van der Waals surface area contributed by atoms with Crippen molar-refractivity contribution in [2.45, 2.75) is 98.8 Å². The molecule has 3 aromatic carbocycles. The molecule has 72 heavy (non-hydrogen) atoms. The number of rotatable bonds is 30. The van der Waals surface area contributed by atoms with Crippen molar-refractivity contribution in [3.05, 3.63) is 163 Å². The Morgan fingerprint density at radius 3 is 0.806 bits per heavy atom. The largest absolute Gasteiger partial charge is 0.492 e. The molecule has 0 fully saturated rings. The van der Waals surface area contributed by atoms with Gasteiger partial charge in [0.1, 0.15) is 37.1 Å². The Bertz CT molecular complexity index is 2040. The zero-order valence-corrected chi connectivity index (χ0v) is 42.9. The van der Waals surface area contributed by atoms with Gasteiger partial charge in [0.15, 0.2) is 18.3 Å². The number of nitrogens with zero attached hydrogens (tertiary/aromatic N) is 3. The molecule has 6 rings (SSSR count). The molecule has 3 aromatic heterocycles. The number of benzene rings is 3. The minimum atomic E-state index is -0.560. The number of carbonyl (C=O) groups is 3. The summed E-state index contributed by atoms with van der Waals surface area (Å²) in [6.45, 7) is 17.7. The molecule has 0 aliphatic heterocycles. The summed E-state index contributed by atoms with van der Waals surface area (Å²) in [5, 5.41) is 0. The van der Waals surface area contributed by atoms with Crippen LogP contribution in [0.25, 0.3) is 0 Å². The first-order valence-corrected chi connectivity index (χ1v) is 25.0. The highest BCUT2D eigenvalue weighted by Crippen LogP contribution is 2.18. The molecule has 0 radical (unpaired) electrons. The smallest absolute Gasteiger partial charge is 0.335 e. The summed E-state index contributed by atoms with van der Waals surface area (Å²) in [5.41, 5.74) is 3.04. The molecular weight excluding hydrogens is 919 g/mol. The van der Waals surface area contributed by atoms with Crippen LogP contribution in [0.3, 0.4) is 0 Å². The highest BCUT2D eigenvalue weighted by Gasteiger charge is 2.22. The summed E-state index contributed by atoms with van der Waals surface area (Å²) in [6.07, 6.45) is 11.9. The molecule has 0 aliphatic carbocycles. The van der Waals surface area contributed by atoms with Gasteiger partial charge >= 0.3 is 17.9 Å². The van der Waals surface area contributed by atoms with Crippen molar-refractivity contribution in [1.29, 1.82) is 0 Å². The first kappa shape index (κ1) is 57.8. The number of hydrogen-bond donors (Lipinski definition) is 0. The molecule has 0 aliphatic rings. The number of esters is 3. The lowest BCUT2D eigenvalue weighted by Gasteiger charge is -2.15. The highest BCUT2D eigenvalue weighted by molar-refractivity contribution is 5.76. The van der Waals surface area contributed by atoms with Gasteiger partial charge in [0.25, 0.3) is 0 Å². The van der Waals surface area contributed by atoms with Gasteiger partial charge in [-0.15, -0.1) is 0 Å². The van der Waals surface area contributed by atoms with E-state index >= 15 is 0 Å². The quantitative estimate of drug-likeness (QED) is 0.0313. The molecule has 0 saturated heterocycles. The molecular formula is C57H75N3O12. The molecule has 6 aromatic rings. The van der Waals surface area contributed by atoms with Gasteiger partial charge in [0, 0.05) is 76.3 Å². The van der Waals surface area contributed by atoms with E-state index in [-0.39, 0.29) is 17.9 Å². The third kappa shape index (κ3) is 22.5. The van der Waals surface area contributed by atoms with Crippen molar-refractivity contribution in [1.82, 2.24) is 13.7 Å². The Morgan fingerprint density at radius 2 is 0.597 bits per heavy atom. The lowest BCUT2D eigenvalue weighted by atomic mass is 10.1. The van der Waals surface area contributed by atoms with E-state index in [4.69, 9.17) is 42.6 Å². The zero-order chi connectivity index (χ0) is 51.6. The van der Waals surface area contributed by atoms with Crippen LogP contribution in [0.1, 0.15) is 58.2 Å². The molecule has 3 atom stereocenters. The minimum absolute atomic E-state index is 0.314. The van der Waals surface area contributed by atoms with E-state index in [1.165, 1.54) is 0 Å². The van der Waals surface area contributed by atoms with Crippen molar-refractivity contribution in [3.8, 4) is 17.2 Å². The number of carbonyl (C=O) groups excluding carboxylic acids is 3. The van der Waals surface area contributed by atoms with Crippen molar-refractivity contribution >= 4 is 17.9 Å². The molecule has 15 heteroatoms. The van der Waals surface area contributed by atoms with E-state index in [1.807, 2.05) is 167 Å². The Kier molecular flexibility index (Phi) is 27.7. The maximum absolute atomic E-state index is 11.9. The van der Waals surface area contributed by atoms with Crippen molar-refractivity contribution < 1.29 is 57.0 Å². The van der Waals surface area contributed by atoms with Crippen LogP contribution in [0.4, 0.5) is 0 Å². The van der Waals surface area contributed by atoms with Gasteiger partial charge in [-0.05, 0) is 131 Å². The molecule has 3 heterocycles. The fraction of sp³-hybridized carbons (Fsp3) is 0.421. The summed E-state index contributed by atoms with van der Waals surface area (Å²) >= 11 is 0. The number of hydrogen-bond acceptors (Lipinski definition) is 12. The SMILES string of the molecule is CCOC(=O)C(Cc1ccc(OCCn2cccc2)cc1)OCC.CCOC(=O)C(Cc1ccc(OCCn2cccc2)cc1)OCC.CCOC(=O)C(Cc1ccc(OCCn2cccc2)cc1)OCC. The van der Waals surface area contributed by atoms with E-state index in [2.05, 4.69) is 13.7 Å². The molecule has 390 valence electrons. The van der Waals surface area contributed by atoms with Crippen molar-refractivity contribution in [2.24, 2.45) is 0 Å². The third-order valence-corrected chi connectivity index (χ3v) is 10.6. The van der Waals surface area contributed by atoms with E-state index in [9.17, 15) is 14.4 Å². The van der Waals surface area contributed by atoms with Crippen LogP contribution in [0.15, 0.2) is 146 Å². The predicted octanol–water partition coefficient (Wildman–Crippen LogP) is 9.23. The first-order chi connectivity index (χ1) is 35.2. The van der Waals surface area contributed by atoms with Gasteiger partial charge in [-0.1, -0.05) is 36.4 Å². The van der Waals surface area contributed by atoms with Gasteiger partial charge in [0.2, 0.25) is 0 Å². The van der Waals surface area contributed by atoms with Crippen LogP contribution in [0.5, 0.6) is 17.2 Å². The first-order valence-electron chi connectivity index (χ1n) is 25.0. The molecule has 0 bridgehead atoms. The second-order valence-electron chi connectivity index (χ2n) is 15.9. The van der Waals surface area contributed by atoms with Gasteiger partial charge in [-0.3, -0.25) is 0 Å². The summed E-state index contributed by atoms with van der Waals surface area (Å²) < 4.78 is 55.0.